The monoisotopic (exact) mass is 256 g/mol. The van der Waals surface area contributed by atoms with E-state index in [0.717, 1.165) is 19.5 Å². The molecule has 1 aliphatic rings. The molecule has 1 aromatic rings. The van der Waals surface area contributed by atoms with E-state index < -0.39 is 0 Å². The van der Waals surface area contributed by atoms with Gasteiger partial charge in [-0.3, -0.25) is 4.79 Å². The Hall–Kier alpha value is -1.15. The predicted molar refractivity (Wildman–Crippen MR) is 63.6 cm³/mol. The summed E-state index contributed by atoms with van der Waals surface area (Å²) in [6, 6.07) is 0. The topological polar surface area (TPSA) is 75.9 Å². The molecule has 0 spiro atoms. The standard InChI is InChI=1S/C9H16N6OS/c1-10-4-6-15-9(11-12-13-15)17-7-3-5-14(2)8(7)16/h7,10H,3-6H2,1-2H3. The Morgan fingerprint density at radius 3 is 3.06 bits per heavy atom. The van der Waals surface area contributed by atoms with Crippen LogP contribution in [0.15, 0.2) is 5.16 Å². The Morgan fingerprint density at radius 2 is 2.41 bits per heavy atom. The molecule has 0 saturated carbocycles. The molecule has 17 heavy (non-hydrogen) atoms. The first kappa shape index (κ1) is 12.3. The van der Waals surface area contributed by atoms with Gasteiger partial charge in [-0.05, 0) is 23.9 Å². The number of amides is 1. The number of carbonyl (C=O) groups is 1. The number of nitrogens with one attached hydrogen (secondary N) is 1. The first-order valence-electron chi connectivity index (χ1n) is 5.54. The Bertz CT molecular complexity index is 395. The second kappa shape index (κ2) is 5.46. The summed E-state index contributed by atoms with van der Waals surface area (Å²) < 4.78 is 1.73. The number of likely N-dealkylation sites (N-methyl/N-ethyl adjacent to an activating group) is 1. The van der Waals surface area contributed by atoms with E-state index in [2.05, 4.69) is 20.8 Å². The van der Waals surface area contributed by atoms with Gasteiger partial charge in [0.1, 0.15) is 0 Å². The lowest BCUT2D eigenvalue weighted by atomic mass is 10.4. The van der Waals surface area contributed by atoms with Crippen LogP contribution in [-0.2, 0) is 11.3 Å². The van der Waals surface area contributed by atoms with Crippen LogP contribution in [0.4, 0.5) is 0 Å². The van der Waals surface area contributed by atoms with Crippen LogP contribution in [0.2, 0.25) is 0 Å². The van der Waals surface area contributed by atoms with E-state index in [4.69, 9.17) is 0 Å². The lowest BCUT2D eigenvalue weighted by molar-refractivity contribution is -0.126. The molecule has 1 fully saturated rings. The summed E-state index contributed by atoms with van der Waals surface area (Å²) in [5.74, 6) is 0.165. The third kappa shape index (κ3) is 2.75. The van der Waals surface area contributed by atoms with Crippen molar-refractivity contribution in [2.24, 2.45) is 0 Å². The fourth-order valence-corrected chi connectivity index (χ4v) is 2.76. The van der Waals surface area contributed by atoms with Gasteiger partial charge < -0.3 is 10.2 Å². The second-order valence-corrected chi connectivity index (χ2v) is 5.11. The number of hydrogen-bond donors (Lipinski definition) is 1. The molecule has 0 radical (unpaired) electrons. The minimum Gasteiger partial charge on any atom is -0.345 e. The maximum atomic E-state index is 11.8. The summed E-state index contributed by atoms with van der Waals surface area (Å²) in [4.78, 5) is 13.5. The number of nitrogens with zero attached hydrogens (tertiary/aromatic N) is 5. The van der Waals surface area contributed by atoms with E-state index in [-0.39, 0.29) is 11.2 Å². The van der Waals surface area contributed by atoms with Crippen LogP contribution < -0.4 is 5.32 Å². The highest BCUT2D eigenvalue weighted by molar-refractivity contribution is 8.00. The average molecular weight is 256 g/mol. The first-order chi connectivity index (χ1) is 8.22. The maximum absolute atomic E-state index is 11.8. The fourth-order valence-electron chi connectivity index (χ4n) is 1.67. The smallest absolute Gasteiger partial charge is 0.235 e. The zero-order valence-corrected chi connectivity index (χ0v) is 10.8. The number of hydrogen-bond acceptors (Lipinski definition) is 6. The van der Waals surface area contributed by atoms with Gasteiger partial charge in [0.25, 0.3) is 0 Å². The van der Waals surface area contributed by atoms with Gasteiger partial charge in [0.2, 0.25) is 11.1 Å². The lowest BCUT2D eigenvalue weighted by Gasteiger charge is -2.09. The van der Waals surface area contributed by atoms with Crippen molar-refractivity contribution in [1.82, 2.24) is 30.4 Å². The number of likely N-dealkylation sites (tertiary alicyclic amines) is 1. The zero-order chi connectivity index (χ0) is 12.3. The van der Waals surface area contributed by atoms with Crippen LogP contribution in [0, 0.1) is 0 Å². The van der Waals surface area contributed by atoms with Gasteiger partial charge in [0, 0.05) is 20.1 Å². The second-order valence-electron chi connectivity index (χ2n) is 3.94. The van der Waals surface area contributed by atoms with E-state index in [1.807, 2.05) is 14.1 Å². The summed E-state index contributed by atoms with van der Waals surface area (Å²) in [7, 11) is 3.71. The van der Waals surface area contributed by atoms with Gasteiger partial charge in [-0.2, -0.15) is 0 Å². The molecule has 2 rings (SSSR count). The van der Waals surface area contributed by atoms with Gasteiger partial charge >= 0.3 is 0 Å². The van der Waals surface area contributed by atoms with Crippen LogP contribution in [0.5, 0.6) is 0 Å². The molecule has 1 aromatic heterocycles. The van der Waals surface area contributed by atoms with Crippen molar-refractivity contribution >= 4 is 17.7 Å². The molecule has 1 aliphatic heterocycles. The molecule has 94 valence electrons. The average Bonchev–Trinajstić information content (AvgIpc) is 2.89. The highest BCUT2D eigenvalue weighted by Crippen LogP contribution is 2.28. The summed E-state index contributed by atoms with van der Waals surface area (Å²) in [5.41, 5.74) is 0. The number of aromatic nitrogens is 4. The normalized spacial score (nSPS) is 20.2. The number of carbonyl (C=O) groups excluding carboxylic acids is 1. The Kier molecular flexibility index (Phi) is 3.95. The van der Waals surface area contributed by atoms with E-state index in [1.165, 1.54) is 11.8 Å². The van der Waals surface area contributed by atoms with Crippen LogP contribution in [0.1, 0.15) is 6.42 Å². The molecule has 1 saturated heterocycles. The Balaban J connectivity index is 1.99. The molecule has 0 bridgehead atoms. The fraction of sp³-hybridized carbons (Fsp3) is 0.778. The molecule has 1 atom stereocenters. The maximum Gasteiger partial charge on any atom is 0.235 e. The first-order valence-corrected chi connectivity index (χ1v) is 6.42. The molecular formula is C9H16N6OS. The lowest BCUT2D eigenvalue weighted by Crippen LogP contribution is -2.24. The Labute approximate surface area is 104 Å². The highest BCUT2D eigenvalue weighted by atomic mass is 32.2. The van der Waals surface area contributed by atoms with Crippen LogP contribution >= 0.6 is 11.8 Å². The SMILES string of the molecule is CNCCn1nnnc1SC1CCN(C)C1=O. The molecule has 0 aliphatic carbocycles. The Morgan fingerprint density at radius 1 is 1.59 bits per heavy atom. The van der Waals surface area contributed by atoms with Crippen molar-refractivity contribution in [2.75, 3.05) is 27.2 Å². The predicted octanol–water partition coefficient (Wildman–Crippen LogP) is -0.785. The van der Waals surface area contributed by atoms with Gasteiger partial charge in [-0.15, -0.1) is 5.10 Å². The van der Waals surface area contributed by atoms with Crippen LogP contribution in [0.25, 0.3) is 0 Å². The molecule has 1 amide bonds. The zero-order valence-electron chi connectivity index (χ0n) is 9.96. The molecule has 7 nitrogen and oxygen atoms in total. The van der Waals surface area contributed by atoms with E-state index >= 15 is 0 Å². The molecular weight excluding hydrogens is 240 g/mol. The minimum atomic E-state index is -0.0423. The summed E-state index contributed by atoms with van der Waals surface area (Å²) in [6.45, 7) is 2.33. The molecule has 8 heteroatoms. The van der Waals surface area contributed by atoms with Gasteiger partial charge in [-0.25, -0.2) is 4.68 Å². The van der Waals surface area contributed by atoms with Crippen molar-refractivity contribution in [3.8, 4) is 0 Å². The minimum absolute atomic E-state index is 0.0423. The van der Waals surface area contributed by atoms with Crippen LogP contribution in [-0.4, -0.2) is 63.4 Å². The number of tetrazole rings is 1. The summed E-state index contributed by atoms with van der Waals surface area (Å²) >= 11 is 1.45. The van der Waals surface area contributed by atoms with E-state index in [1.54, 1.807) is 9.58 Å². The largest absolute Gasteiger partial charge is 0.345 e. The van der Waals surface area contributed by atoms with Crippen molar-refractivity contribution in [2.45, 2.75) is 23.4 Å². The molecule has 1 unspecified atom stereocenters. The molecule has 2 heterocycles. The van der Waals surface area contributed by atoms with Gasteiger partial charge in [-0.1, -0.05) is 11.8 Å². The molecule has 1 N–H and O–H groups in total. The summed E-state index contributed by atoms with van der Waals surface area (Å²) in [5, 5.41) is 15.2. The number of thioether (sulfide) groups is 1. The van der Waals surface area contributed by atoms with E-state index in [0.29, 0.717) is 11.7 Å². The number of rotatable bonds is 5. The quantitative estimate of drug-likeness (QED) is 0.744. The van der Waals surface area contributed by atoms with Crippen LogP contribution in [0.3, 0.4) is 0 Å². The molecule has 0 aromatic carbocycles. The van der Waals surface area contributed by atoms with Gasteiger partial charge in [0.05, 0.1) is 11.8 Å². The van der Waals surface area contributed by atoms with Crippen molar-refractivity contribution < 1.29 is 4.79 Å². The van der Waals surface area contributed by atoms with Crippen molar-refractivity contribution in [3.63, 3.8) is 0 Å². The van der Waals surface area contributed by atoms with Crippen molar-refractivity contribution in [3.05, 3.63) is 0 Å². The summed E-state index contributed by atoms with van der Waals surface area (Å²) in [6.07, 6.45) is 0.860. The van der Waals surface area contributed by atoms with E-state index in [9.17, 15) is 4.79 Å². The third-order valence-electron chi connectivity index (χ3n) is 2.70. The third-order valence-corrected chi connectivity index (χ3v) is 3.92. The van der Waals surface area contributed by atoms with Crippen molar-refractivity contribution in [1.29, 1.82) is 0 Å². The van der Waals surface area contributed by atoms with Gasteiger partial charge in [0.15, 0.2) is 0 Å². The highest BCUT2D eigenvalue weighted by Gasteiger charge is 2.31.